The lowest BCUT2D eigenvalue weighted by Gasteiger charge is -2.31. The van der Waals surface area contributed by atoms with Crippen LogP contribution in [0.5, 0.6) is 11.5 Å². The van der Waals surface area contributed by atoms with Crippen molar-refractivity contribution in [3.63, 3.8) is 0 Å². The molecule has 0 aliphatic carbocycles. The highest BCUT2D eigenvalue weighted by atomic mass is 16.5. The Labute approximate surface area is 180 Å². The van der Waals surface area contributed by atoms with Gasteiger partial charge in [-0.2, -0.15) is 0 Å². The van der Waals surface area contributed by atoms with Crippen molar-refractivity contribution in [1.29, 1.82) is 11.1 Å². The number of rotatable bonds is 11. The van der Waals surface area contributed by atoms with E-state index < -0.39 is 0 Å². The van der Waals surface area contributed by atoms with Crippen molar-refractivity contribution in [2.75, 3.05) is 33.9 Å². The molecule has 30 heavy (non-hydrogen) atoms. The number of para-hydroxylation sites is 1. The van der Waals surface area contributed by atoms with E-state index in [1.54, 1.807) is 14.2 Å². The third kappa shape index (κ3) is 6.84. The largest absolute Gasteiger partial charge is 0.493 e. The topological polar surface area (TPSA) is 108 Å². The smallest absolute Gasteiger partial charge is 0.165 e. The lowest BCUT2D eigenvalue weighted by atomic mass is 10.0. The lowest BCUT2D eigenvalue weighted by Crippen LogP contribution is -2.39. The summed E-state index contributed by atoms with van der Waals surface area (Å²) in [4.78, 5) is 7.07. The van der Waals surface area contributed by atoms with Crippen LogP contribution < -0.4 is 15.2 Å². The minimum atomic E-state index is -0.147. The summed E-state index contributed by atoms with van der Waals surface area (Å²) >= 11 is 0. The normalized spacial score (nSPS) is 12.1. The zero-order valence-corrected chi connectivity index (χ0v) is 18.5. The van der Waals surface area contributed by atoms with Crippen LogP contribution in [0, 0.1) is 11.1 Å². The van der Waals surface area contributed by atoms with Gasteiger partial charge in [-0.1, -0.05) is 56.3 Å². The van der Waals surface area contributed by atoms with E-state index in [1.807, 2.05) is 36.4 Å². The maximum Gasteiger partial charge on any atom is 0.165 e. The van der Waals surface area contributed by atoms with Crippen LogP contribution in [0.1, 0.15) is 37.4 Å². The van der Waals surface area contributed by atoms with Gasteiger partial charge in [0.15, 0.2) is 11.5 Å². The molecule has 0 aliphatic rings. The Morgan fingerprint density at radius 3 is 2.30 bits per heavy atom. The molecule has 0 bridgehead atoms. The zero-order chi connectivity index (χ0) is 22.4. The van der Waals surface area contributed by atoms with E-state index in [-0.39, 0.29) is 6.04 Å². The van der Waals surface area contributed by atoms with Crippen molar-refractivity contribution in [2.45, 2.75) is 32.7 Å². The number of nitrogens with two attached hydrogens (primary N) is 1. The molecular weight excluding hydrogens is 378 g/mol. The summed E-state index contributed by atoms with van der Waals surface area (Å²) in [5, 5.41) is 0. The molecule has 2 aromatic carbocycles. The molecule has 164 valence electrons. The summed E-state index contributed by atoms with van der Waals surface area (Å²) in [5.74, 6) is 2.03. The molecule has 0 fully saturated rings. The second-order valence-corrected chi connectivity index (χ2v) is 6.66. The van der Waals surface area contributed by atoms with E-state index in [9.17, 15) is 0 Å². The highest BCUT2D eigenvalue weighted by Crippen LogP contribution is 2.37. The van der Waals surface area contributed by atoms with Crippen molar-refractivity contribution in [2.24, 2.45) is 10.7 Å². The van der Waals surface area contributed by atoms with Crippen molar-refractivity contribution in [1.82, 2.24) is 4.90 Å². The SMILES string of the molecule is CCCN(CC)C(C(N)=NCCc1ccccc1)c1cccc(OC)c1OC.N=N. The second-order valence-electron chi connectivity index (χ2n) is 6.66. The number of hydrogen-bond acceptors (Lipinski definition) is 6. The first kappa shape index (κ1) is 25.1. The number of hydrogen-bond donors (Lipinski definition) is 3. The Morgan fingerprint density at radius 2 is 1.73 bits per heavy atom. The van der Waals surface area contributed by atoms with Crippen LogP contribution in [0.4, 0.5) is 0 Å². The molecule has 0 saturated heterocycles. The average Bonchev–Trinajstić information content (AvgIpc) is 2.80. The van der Waals surface area contributed by atoms with Gasteiger partial charge in [0.25, 0.3) is 0 Å². The molecule has 0 aromatic heterocycles. The summed E-state index contributed by atoms with van der Waals surface area (Å²) < 4.78 is 11.2. The van der Waals surface area contributed by atoms with Gasteiger partial charge >= 0.3 is 0 Å². The van der Waals surface area contributed by atoms with Crippen LogP contribution in [-0.4, -0.2) is 44.6 Å². The summed E-state index contributed by atoms with van der Waals surface area (Å²) in [5.41, 5.74) is 18.8. The molecule has 0 radical (unpaired) electrons. The summed E-state index contributed by atoms with van der Waals surface area (Å²) in [6.45, 7) is 6.77. The standard InChI is InChI=1S/C23H33N3O2.H2N2/c1-5-17-26(6-2)21(19-13-10-14-20(27-3)22(19)28-4)23(24)25-16-15-18-11-8-7-9-12-18;1-2/h7-14,21H,5-6,15-17H2,1-4H3,(H2,24,25);1-2H. The van der Waals surface area contributed by atoms with Gasteiger partial charge in [0, 0.05) is 12.1 Å². The van der Waals surface area contributed by atoms with Crippen LogP contribution in [0.2, 0.25) is 0 Å². The lowest BCUT2D eigenvalue weighted by molar-refractivity contribution is 0.249. The van der Waals surface area contributed by atoms with Gasteiger partial charge in [0.1, 0.15) is 5.84 Å². The molecule has 7 heteroatoms. The quantitative estimate of drug-likeness (QED) is 0.282. The molecule has 0 heterocycles. The molecule has 2 rings (SSSR count). The van der Waals surface area contributed by atoms with Crippen LogP contribution in [0.25, 0.3) is 0 Å². The Morgan fingerprint density at radius 1 is 1.03 bits per heavy atom. The van der Waals surface area contributed by atoms with Gasteiger partial charge in [-0.15, -0.1) is 0 Å². The van der Waals surface area contributed by atoms with Gasteiger partial charge in [-0.05, 0) is 37.6 Å². The summed E-state index contributed by atoms with van der Waals surface area (Å²) in [6, 6.07) is 16.1. The van der Waals surface area contributed by atoms with Gasteiger partial charge in [-0.3, -0.25) is 9.89 Å². The maximum absolute atomic E-state index is 6.55. The highest BCUT2D eigenvalue weighted by Gasteiger charge is 2.27. The van der Waals surface area contributed by atoms with E-state index >= 15 is 0 Å². The van der Waals surface area contributed by atoms with Crippen LogP contribution in [-0.2, 0) is 6.42 Å². The van der Waals surface area contributed by atoms with Gasteiger partial charge in [-0.25, -0.2) is 11.1 Å². The highest BCUT2D eigenvalue weighted by molar-refractivity contribution is 5.88. The molecule has 2 aromatic rings. The number of nitrogens with one attached hydrogen (secondary N) is 2. The number of benzene rings is 2. The minimum Gasteiger partial charge on any atom is -0.493 e. The van der Waals surface area contributed by atoms with Gasteiger partial charge < -0.3 is 15.2 Å². The fraction of sp³-hybridized carbons (Fsp3) is 0.435. The Balaban J connectivity index is 0.00000218. The molecule has 7 nitrogen and oxygen atoms in total. The van der Waals surface area contributed by atoms with Crippen molar-refractivity contribution in [3.8, 4) is 11.5 Å². The number of nitrogens with zero attached hydrogens (tertiary/aromatic N) is 2. The predicted octanol–water partition coefficient (Wildman–Crippen LogP) is 4.67. The van der Waals surface area contributed by atoms with Gasteiger partial charge in [0.2, 0.25) is 0 Å². The average molecular weight is 414 g/mol. The van der Waals surface area contributed by atoms with E-state index in [1.165, 1.54) is 5.56 Å². The molecule has 0 saturated carbocycles. The minimum absolute atomic E-state index is 0.147. The van der Waals surface area contributed by atoms with Gasteiger partial charge in [0.05, 0.1) is 20.3 Å². The first-order valence-corrected chi connectivity index (χ1v) is 10.2. The van der Waals surface area contributed by atoms with E-state index in [0.717, 1.165) is 31.5 Å². The molecule has 1 atom stereocenters. The maximum atomic E-state index is 6.55. The van der Waals surface area contributed by atoms with Crippen LogP contribution in [0.15, 0.2) is 53.5 Å². The Kier molecular flexibility index (Phi) is 11.8. The number of likely N-dealkylation sites (N-methyl/N-ethyl adjacent to an activating group) is 1. The number of methoxy groups -OCH3 is 2. The number of amidine groups is 1. The van der Waals surface area contributed by atoms with E-state index in [2.05, 4.69) is 30.9 Å². The first-order chi connectivity index (χ1) is 14.7. The zero-order valence-electron chi connectivity index (χ0n) is 18.5. The fourth-order valence-corrected chi connectivity index (χ4v) is 3.47. The first-order valence-electron chi connectivity index (χ1n) is 10.2. The van der Waals surface area contributed by atoms with Crippen LogP contribution in [0.3, 0.4) is 0 Å². The third-order valence-electron chi connectivity index (χ3n) is 4.83. The summed E-state index contributed by atoms with van der Waals surface area (Å²) in [7, 11) is 3.31. The second kappa shape index (κ2) is 14.1. The molecule has 0 amide bonds. The van der Waals surface area contributed by atoms with E-state index in [0.29, 0.717) is 23.9 Å². The predicted molar refractivity (Wildman–Crippen MR) is 122 cm³/mol. The molecule has 4 N–H and O–H groups in total. The monoisotopic (exact) mass is 413 g/mol. The Bertz CT molecular complexity index is 767. The van der Waals surface area contributed by atoms with Crippen molar-refractivity contribution >= 4 is 5.84 Å². The van der Waals surface area contributed by atoms with Crippen molar-refractivity contribution < 1.29 is 9.47 Å². The molecule has 0 aliphatic heterocycles. The van der Waals surface area contributed by atoms with Crippen LogP contribution >= 0.6 is 0 Å². The number of ether oxygens (including phenoxy) is 2. The van der Waals surface area contributed by atoms with Crippen molar-refractivity contribution in [3.05, 3.63) is 59.7 Å². The van der Waals surface area contributed by atoms with E-state index in [4.69, 9.17) is 31.3 Å². The summed E-state index contributed by atoms with van der Waals surface area (Å²) in [6.07, 6.45) is 1.90. The third-order valence-corrected chi connectivity index (χ3v) is 4.83. The Hall–Kier alpha value is -2.93. The fourth-order valence-electron chi connectivity index (χ4n) is 3.47. The number of aliphatic imine (C=N–C) groups is 1. The molecule has 0 spiro atoms. The molecule has 1 unspecified atom stereocenters. The molecular formula is C23H35N5O2.